The SMILES string of the molecule is C=CCC1(C)CC(c2cccc(Cl)c2)C(c2ccc(Cl)cc2)N(C(C(=O)OCC)C2CC2)C1=O. The van der Waals surface area contributed by atoms with E-state index in [9.17, 15) is 9.59 Å². The smallest absolute Gasteiger partial charge is 0.329 e. The highest BCUT2D eigenvalue weighted by Crippen LogP contribution is 2.54. The van der Waals surface area contributed by atoms with Gasteiger partial charge in [-0.3, -0.25) is 4.79 Å². The Balaban J connectivity index is 1.92. The predicted molar refractivity (Wildman–Crippen MR) is 136 cm³/mol. The molecule has 0 bridgehead atoms. The Morgan fingerprint density at radius 1 is 1.18 bits per heavy atom. The number of carbonyl (C=O) groups excluding carboxylic acids is 2. The summed E-state index contributed by atoms with van der Waals surface area (Å²) < 4.78 is 5.50. The van der Waals surface area contributed by atoms with E-state index in [1.807, 2.05) is 54.3 Å². The van der Waals surface area contributed by atoms with Gasteiger partial charge in [0, 0.05) is 16.0 Å². The van der Waals surface area contributed by atoms with Crippen LogP contribution in [0.2, 0.25) is 10.0 Å². The number of nitrogens with zero attached hydrogens (tertiary/aromatic N) is 1. The zero-order chi connectivity index (χ0) is 24.5. The Kier molecular flexibility index (Phi) is 7.39. The summed E-state index contributed by atoms with van der Waals surface area (Å²) in [4.78, 5) is 29.4. The van der Waals surface area contributed by atoms with Crippen LogP contribution < -0.4 is 0 Å². The van der Waals surface area contributed by atoms with Crippen molar-refractivity contribution >= 4 is 35.1 Å². The van der Waals surface area contributed by atoms with Gasteiger partial charge in [0.1, 0.15) is 6.04 Å². The Morgan fingerprint density at radius 2 is 1.88 bits per heavy atom. The van der Waals surface area contributed by atoms with E-state index in [0.717, 1.165) is 24.0 Å². The van der Waals surface area contributed by atoms with Crippen LogP contribution in [-0.4, -0.2) is 29.4 Å². The van der Waals surface area contributed by atoms with Crippen molar-refractivity contribution in [3.8, 4) is 0 Å². The fraction of sp³-hybridized carbons (Fsp3) is 0.429. The summed E-state index contributed by atoms with van der Waals surface area (Å²) >= 11 is 12.6. The van der Waals surface area contributed by atoms with Crippen LogP contribution in [0.3, 0.4) is 0 Å². The lowest BCUT2D eigenvalue weighted by molar-refractivity contribution is -0.167. The lowest BCUT2D eigenvalue weighted by Crippen LogP contribution is -2.58. The monoisotopic (exact) mass is 499 g/mol. The van der Waals surface area contributed by atoms with Crippen LogP contribution in [0.5, 0.6) is 0 Å². The van der Waals surface area contributed by atoms with Crippen LogP contribution in [-0.2, 0) is 14.3 Å². The van der Waals surface area contributed by atoms with Gasteiger partial charge in [-0.05, 0) is 73.9 Å². The van der Waals surface area contributed by atoms with E-state index < -0.39 is 11.5 Å². The van der Waals surface area contributed by atoms with Gasteiger partial charge in [0.2, 0.25) is 5.91 Å². The third-order valence-electron chi connectivity index (χ3n) is 7.08. The molecule has 34 heavy (non-hydrogen) atoms. The summed E-state index contributed by atoms with van der Waals surface area (Å²) in [5.74, 6) is -0.331. The third kappa shape index (κ3) is 4.89. The molecular formula is C28H31Cl2NO3. The highest BCUT2D eigenvalue weighted by Gasteiger charge is 2.55. The van der Waals surface area contributed by atoms with Gasteiger partial charge in [-0.1, -0.05) is 60.5 Å². The number of rotatable bonds is 8. The number of hydrogen-bond donors (Lipinski definition) is 0. The fourth-order valence-electron chi connectivity index (χ4n) is 5.37. The molecule has 1 aliphatic carbocycles. The van der Waals surface area contributed by atoms with Crippen LogP contribution in [0, 0.1) is 11.3 Å². The molecule has 1 heterocycles. The summed E-state index contributed by atoms with van der Waals surface area (Å²) in [7, 11) is 0. The van der Waals surface area contributed by atoms with E-state index in [1.54, 1.807) is 13.0 Å². The van der Waals surface area contributed by atoms with Crippen LogP contribution in [0.4, 0.5) is 0 Å². The molecule has 1 aliphatic heterocycles. The number of benzene rings is 2. The van der Waals surface area contributed by atoms with Crippen molar-refractivity contribution in [2.75, 3.05) is 6.61 Å². The number of amides is 1. The number of carbonyl (C=O) groups is 2. The van der Waals surface area contributed by atoms with Gasteiger partial charge in [-0.25, -0.2) is 4.79 Å². The highest BCUT2D eigenvalue weighted by atomic mass is 35.5. The van der Waals surface area contributed by atoms with Crippen LogP contribution in [0.25, 0.3) is 0 Å². The molecule has 4 nitrogen and oxygen atoms in total. The Hall–Kier alpha value is -2.30. The van der Waals surface area contributed by atoms with E-state index in [0.29, 0.717) is 22.9 Å². The average molecular weight is 500 g/mol. The van der Waals surface area contributed by atoms with Crippen molar-refractivity contribution in [1.82, 2.24) is 4.90 Å². The van der Waals surface area contributed by atoms with E-state index >= 15 is 0 Å². The molecule has 6 heteroatoms. The summed E-state index contributed by atoms with van der Waals surface area (Å²) in [5, 5.41) is 1.27. The number of ether oxygens (including phenoxy) is 1. The van der Waals surface area contributed by atoms with Gasteiger partial charge in [0.15, 0.2) is 0 Å². The van der Waals surface area contributed by atoms with Gasteiger partial charge >= 0.3 is 5.97 Å². The topological polar surface area (TPSA) is 46.6 Å². The molecule has 1 saturated heterocycles. The molecule has 2 aliphatic rings. The minimum Gasteiger partial charge on any atom is -0.464 e. The second kappa shape index (κ2) is 10.1. The molecule has 4 atom stereocenters. The second-order valence-corrected chi connectivity index (χ2v) is 10.5. The van der Waals surface area contributed by atoms with Crippen LogP contribution >= 0.6 is 23.2 Å². The first-order valence-corrected chi connectivity index (χ1v) is 12.7. The van der Waals surface area contributed by atoms with E-state index in [2.05, 4.69) is 12.6 Å². The third-order valence-corrected chi connectivity index (χ3v) is 7.57. The number of piperidine rings is 1. The first-order valence-electron chi connectivity index (χ1n) is 11.9. The van der Waals surface area contributed by atoms with E-state index in [4.69, 9.17) is 27.9 Å². The molecular weight excluding hydrogens is 469 g/mol. The molecule has 1 saturated carbocycles. The standard InChI is InChI=1S/C28H31Cl2NO3/c1-4-15-28(3)17-23(20-7-6-8-22(30)16-20)24(18-11-13-21(29)14-12-18)31(27(28)33)25(19-9-10-19)26(32)34-5-2/h4,6-8,11-14,16,19,23-25H,1,5,9-10,15,17H2,2-3H3. The van der Waals surface area contributed by atoms with Gasteiger partial charge < -0.3 is 9.64 Å². The average Bonchev–Trinajstić information content (AvgIpc) is 3.63. The maximum atomic E-state index is 14.2. The summed E-state index contributed by atoms with van der Waals surface area (Å²) in [6, 6.07) is 14.4. The number of esters is 1. The number of hydrogen-bond acceptors (Lipinski definition) is 3. The highest BCUT2D eigenvalue weighted by molar-refractivity contribution is 6.30. The molecule has 2 aromatic rings. The van der Waals surface area contributed by atoms with Gasteiger partial charge in [0.05, 0.1) is 18.1 Å². The first-order chi connectivity index (χ1) is 16.3. The quantitative estimate of drug-likeness (QED) is 0.290. The minimum atomic E-state index is -0.697. The normalized spacial score (nSPS) is 25.6. The maximum Gasteiger partial charge on any atom is 0.329 e. The Morgan fingerprint density at radius 3 is 2.47 bits per heavy atom. The molecule has 4 unspecified atom stereocenters. The molecule has 4 rings (SSSR count). The van der Waals surface area contributed by atoms with Crippen molar-refractivity contribution in [2.24, 2.45) is 11.3 Å². The van der Waals surface area contributed by atoms with Gasteiger partial charge in [-0.2, -0.15) is 0 Å². The molecule has 0 radical (unpaired) electrons. The lowest BCUT2D eigenvalue weighted by Gasteiger charge is -2.51. The van der Waals surface area contributed by atoms with Gasteiger partial charge in [0.25, 0.3) is 0 Å². The largest absolute Gasteiger partial charge is 0.464 e. The van der Waals surface area contributed by atoms with Crippen molar-refractivity contribution in [1.29, 1.82) is 0 Å². The van der Waals surface area contributed by atoms with Crippen molar-refractivity contribution in [3.05, 3.63) is 82.4 Å². The molecule has 180 valence electrons. The molecule has 0 aromatic heterocycles. The second-order valence-electron chi connectivity index (χ2n) is 9.66. The van der Waals surface area contributed by atoms with Crippen molar-refractivity contribution < 1.29 is 14.3 Å². The first kappa shape index (κ1) is 24.8. The molecule has 2 aromatic carbocycles. The van der Waals surface area contributed by atoms with E-state index in [1.165, 1.54) is 0 Å². The van der Waals surface area contributed by atoms with Crippen molar-refractivity contribution in [2.45, 2.75) is 57.5 Å². The Bertz CT molecular complexity index is 1070. The summed E-state index contributed by atoms with van der Waals surface area (Å²) in [6.45, 7) is 7.97. The molecule has 0 spiro atoms. The maximum absolute atomic E-state index is 14.2. The summed E-state index contributed by atoms with van der Waals surface area (Å²) in [5.41, 5.74) is 1.29. The van der Waals surface area contributed by atoms with Crippen molar-refractivity contribution in [3.63, 3.8) is 0 Å². The van der Waals surface area contributed by atoms with E-state index in [-0.39, 0.29) is 36.4 Å². The Labute approximate surface area is 211 Å². The molecule has 2 fully saturated rings. The predicted octanol–water partition coefficient (Wildman–Crippen LogP) is 6.97. The fourth-order valence-corrected chi connectivity index (χ4v) is 5.69. The molecule has 0 N–H and O–H groups in total. The van der Waals surface area contributed by atoms with Gasteiger partial charge in [-0.15, -0.1) is 6.58 Å². The summed E-state index contributed by atoms with van der Waals surface area (Å²) in [6.07, 6.45) is 4.74. The number of likely N-dealkylation sites (tertiary alicyclic amines) is 1. The zero-order valence-corrected chi connectivity index (χ0v) is 21.2. The van der Waals surface area contributed by atoms with Crippen LogP contribution in [0.1, 0.15) is 62.6 Å². The molecule has 1 amide bonds. The zero-order valence-electron chi connectivity index (χ0n) is 19.7. The lowest BCUT2D eigenvalue weighted by atomic mass is 9.67. The van der Waals surface area contributed by atoms with Crippen LogP contribution in [0.15, 0.2) is 61.2 Å². The number of allylic oxidation sites excluding steroid dienone is 1. The minimum absolute atomic E-state index is 0.0319. The number of halogens is 2.